The average Bonchev–Trinajstić information content (AvgIpc) is 2.55. The molecule has 3 heteroatoms. The van der Waals surface area contributed by atoms with E-state index in [4.69, 9.17) is 4.74 Å². The second-order valence-corrected chi connectivity index (χ2v) is 6.87. The highest BCUT2D eigenvalue weighted by Gasteiger charge is 2.06. The summed E-state index contributed by atoms with van der Waals surface area (Å²) >= 11 is 0. The van der Waals surface area contributed by atoms with Crippen molar-refractivity contribution in [2.24, 2.45) is 0 Å². The third-order valence-electron chi connectivity index (χ3n) is 4.09. The zero-order valence-corrected chi connectivity index (χ0v) is 15.8. The van der Waals surface area contributed by atoms with E-state index >= 15 is 0 Å². The third-order valence-corrected chi connectivity index (χ3v) is 4.09. The number of carbonyl (C=O) groups excluding carboxylic acids is 1. The van der Waals surface area contributed by atoms with Crippen LogP contribution in [0.25, 0.3) is 0 Å². The van der Waals surface area contributed by atoms with Crippen LogP contribution in [0.4, 0.5) is 0 Å². The molecular formula is C22H29NO2. The number of aryl methyl sites for hydroxylation is 3. The van der Waals surface area contributed by atoms with Crippen LogP contribution in [0, 0.1) is 13.8 Å². The van der Waals surface area contributed by atoms with Gasteiger partial charge in [0, 0.05) is 6.54 Å². The second kappa shape index (κ2) is 9.26. The maximum atomic E-state index is 12.1. The highest BCUT2D eigenvalue weighted by atomic mass is 16.5. The first-order chi connectivity index (χ1) is 11.9. The van der Waals surface area contributed by atoms with E-state index in [-0.39, 0.29) is 12.0 Å². The van der Waals surface area contributed by atoms with Crippen LogP contribution in [0.15, 0.2) is 42.5 Å². The van der Waals surface area contributed by atoms with Gasteiger partial charge >= 0.3 is 0 Å². The normalized spacial score (nSPS) is 10.8. The Morgan fingerprint density at radius 3 is 2.68 bits per heavy atom. The van der Waals surface area contributed by atoms with Crippen LogP contribution in [0.5, 0.6) is 5.75 Å². The molecule has 0 bridgehead atoms. The van der Waals surface area contributed by atoms with E-state index in [9.17, 15) is 4.79 Å². The molecule has 0 aliphatic rings. The Morgan fingerprint density at radius 2 is 1.92 bits per heavy atom. The lowest BCUT2D eigenvalue weighted by Crippen LogP contribution is -2.26. The van der Waals surface area contributed by atoms with Crippen molar-refractivity contribution in [2.75, 3.05) is 6.54 Å². The lowest BCUT2D eigenvalue weighted by Gasteiger charge is -2.11. The predicted molar refractivity (Wildman–Crippen MR) is 103 cm³/mol. The van der Waals surface area contributed by atoms with Gasteiger partial charge in [-0.2, -0.15) is 0 Å². The second-order valence-electron chi connectivity index (χ2n) is 6.87. The summed E-state index contributed by atoms with van der Waals surface area (Å²) in [6.45, 7) is 8.85. The first-order valence-corrected chi connectivity index (χ1v) is 9.02. The van der Waals surface area contributed by atoms with Gasteiger partial charge in [-0.05, 0) is 69.4 Å². The van der Waals surface area contributed by atoms with Crippen LogP contribution in [-0.4, -0.2) is 18.6 Å². The summed E-state index contributed by atoms with van der Waals surface area (Å²) in [4.78, 5) is 12.1. The number of hydrogen-bond acceptors (Lipinski definition) is 2. The van der Waals surface area contributed by atoms with Gasteiger partial charge < -0.3 is 10.1 Å². The molecule has 0 saturated heterocycles. The minimum atomic E-state index is 0.0885. The molecule has 134 valence electrons. The molecule has 0 heterocycles. The Bertz CT molecular complexity index is 707. The molecule has 0 atom stereocenters. The fourth-order valence-corrected chi connectivity index (χ4v) is 2.79. The number of benzene rings is 2. The summed E-state index contributed by atoms with van der Waals surface area (Å²) < 4.78 is 5.72. The van der Waals surface area contributed by atoms with Crippen molar-refractivity contribution in [3.63, 3.8) is 0 Å². The van der Waals surface area contributed by atoms with Gasteiger partial charge in [0.25, 0.3) is 0 Å². The first kappa shape index (κ1) is 19.0. The third kappa shape index (κ3) is 6.61. The van der Waals surface area contributed by atoms with Gasteiger partial charge in [-0.1, -0.05) is 35.9 Å². The fourth-order valence-electron chi connectivity index (χ4n) is 2.79. The summed E-state index contributed by atoms with van der Waals surface area (Å²) in [5.41, 5.74) is 4.71. The zero-order valence-electron chi connectivity index (χ0n) is 15.8. The Morgan fingerprint density at radius 1 is 1.12 bits per heavy atom. The molecule has 2 aromatic carbocycles. The SMILES string of the molecule is Cc1ccc(C)c(CC(=O)NCCCc2cccc(OC(C)C)c2)c1. The Balaban J connectivity index is 1.75. The minimum absolute atomic E-state index is 0.0885. The molecule has 0 unspecified atom stereocenters. The van der Waals surface area contributed by atoms with E-state index in [0.717, 1.165) is 24.2 Å². The van der Waals surface area contributed by atoms with Gasteiger partial charge in [-0.15, -0.1) is 0 Å². The van der Waals surface area contributed by atoms with E-state index in [1.807, 2.05) is 32.9 Å². The predicted octanol–water partition coefficient (Wildman–Crippen LogP) is 4.38. The summed E-state index contributed by atoms with van der Waals surface area (Å²) in [6.07, 6.45) is 2.48. The molecule has 1 amide bonds. The van der Waals surface area contributed by atoms with Crippen molar-refractivity contribution in [1.82, 2.24) is 5.32 Å². The van der Waals surface area contributed by atoms with Crippen molar-refractivity contribution < 1.29 is 9.53 Å². The summed E-state index contributed by atoms with van der Waals surface area (Å²) in [5.74, 6) is 0.997. The Labute approximate surface area is 151 Å². The summed E-state index contributed by atoms with van der Waals surface area (Å²) in [5, 5.41) is 3.02. The van der Waals surface area contributed by atoms with Gasteiger partial charge in [0.15, 0.2) is 0 Å². The van der Waals surface area contributed by atoms with Crippen LogP contribution < -0.4 is 10.1 Å². The molecule has 0 fully saturated rings. The maximum Gasteiger partial charge on any atom is 0.224 e. The molecule has 0 spiro atoms. The van der Waals surface area contributed by atoms with E-state index in [1.165, 1.54) is 16.7 Å². The van der Waals surface area contributed by atoms with E-state index in [1.54, 1.807) is 0 Å². The van der Waals surface area contributed by atoms with Gasteiger partial charge in [0.05, 0.1) is 12.5 Å². The fraction of sp³-hybridized carbons (Fsp3) is 0.409. The number of carbonyl (C=O) groups is 1. The molecule has 2 rings (SSSR count). The molecule has 0 aromatic heterocycles. The molecule has 0 radical (unpaired) electrons. The largest absolute Gasteiger partial charge is 0.491 e. The van der Waals surface area contributed by atoms with E-state index in [2.05, 4.69) is 42.6 Å². The molecular weight excluding hydrogens is 310 g/mol. The summed E-state index contributed by atoms with van der Waals surface area (Å²) in [6, 6.07) is 14.4. The van der Waals surface area contributed by atoms with Crippen LogP contribution in [0.1, 0.15) is 42.5 Å². The van der Waals surface area contributed by atoms with Gasteiger partial charge in [0.1, 0.15) is 5.75 Å². The molecule has 0 saturated carbocycles. The number of ether oxygens (including phenoxy) is 1. The van der Waals surface area contributed by atoms with Crippen molar-refractivity contribution in [2.45, 2.75) is 53.1 Å². The number of hydrogen-bond donors (Lipinski definition) is 1. The van der Waals surface area contributed by atoms with Crippen molar-refractivity contribution in [1.29, 1.82) is 0 Å². The first-order valence-electron chi connectivity index (χ1n) is 9.02. The van der Waals surface area contributed by atoms with Crippen LogP contribution in [-0.2, 0) is 17.6 Å². The number of nitrogens with one attached hydrogen (secondary N) is 1. The highest BCUT2D eigenvalue weighted by Crippen LogP contribution is 2.16. The van der Waals surface area contributed by atoms with Gasteiger partial charge in [-0.25, -0.2) is 0 Å². The van der Waals surface area contributed by atoms with Crippen LogP contribution in [0.3, 0.4) is 0 Å². The minimum Gasteiger partial charge on any atom is -0.491 e. The van der Waals surface area contributed by atoms with E-state index < -0.39 is 0 Å². The Kier molecular flexibility index (Phi) is 7.05. The van der Waals surface area contributed by atoms with E-state index in [0.29, 0.717) is 13.0 Å². The molecule has 1 N–H and O–H groups in total. The number of amides is 1. The molecule has 3 nitrogen and oxygen atoms in total. The van der Waals surface area contributed by atoms with Crippen molar-refractivity contribution in [3.05, 3.63) is 64.7 Å². The lowest BCUT2D eigenvalue weighted by molar-refractivity contribution is -0.120. The molecule has 25 heavy (non-hydrogen) atoms. The smallest absolute Gasteiger partial charge is 0.224 e. The number of rotatable bonds is 8. The van der Waals surface area contributed by atoms with Gasteiger partial charge in [-0.3, -0.25) is 4.79 Å². The van der Waals surface area contributed by atoms with Crippen LogP contribution >= 0.6 is 0 Å². The summed E-state index contributed by atoms with van der Waals surface area (Å²) in [7, 11) is 0. The average molecular weight is 339 g/mol. The lowest BCUT2D eigenvalue weighted by atomic mass is 10.0. The molecule has 0 aliphatic heterocycles. The zero-order chi connectivity index (χ0) is 18.2. The Hall–Kier alpha value is -2.29. The monoisotopic (exact) mass is 339 g/mol. The topological polar surface area (TPSA) is 38.3 Å². The molecule has 0 aliphatic carbocycles. The van der Waals surface area contributed by atoms with Crippen LogP contribution in [0.2, 0.25) is 0 Å². The quantitative estimate of drug-likeness (QED) is 0.725. The molecule has 2 aromatic rings. The van der Waals surface area contributed by atoms with Crippen molar-refractivity contribution >= 4 is 5.91 Å². The van der Waals surface area contributed by atoms with Crippen molar-refractivity contribution in [3.8, 4) is 5.75 Å². The van der Waals surface area contributed by atoms with Gasteiger partial charge in [0.2, 0.25) is 5.91 Å². The standard InChI is InChI=1S/C22H29NO2/c1-16(2)25-21-9-5-7-19(14-21)8-6-12-23-22(24)15-20-13-17(3)10-11-18(20)4/h5,7,9-11,13-14,16H,6,8,12,15H2,1-4H3,(H,23,24). The highest BCUT2D eigenvalue weighted by molar-refractivity contribution is 5.78. The maximum absolute atomic E-state index is 12.1.